The normalized spacial score (nSPS) is 16.8. The van der Waals surface area contributed by atoms with Crippen LogP contribution in [-0.4, -0.2) is 46.5 Å². The molecule has 0 unspecified atom stereocenters. The Kier molecular flexibility index (Phi) is 11.8. The highest BCUT2D eigenvalue weighted by Crippen LogP contribution is 2.30. The van der Waals surface area contributed by atoms with E-state index in [1.165, 1.54) is 0 Å². The van der Waals surface area contributed by atoms with Crippen LogP contribution in [0.5, 0.6) is 0 Å². The van der Waals surface area contributed by atoms with Crippen molar-refractivity contribution in [3.8, 4) is 11.1 Å². The first-order valence-electron chi connectivity index (χ1n) is 15.6. The fraction of sp³-hybridized carbons (Fsp3) is 0.371. The maximum atomic E-state index is 13.7. The molecule has 1 aliphatic carbocycles. The summed E-state index contributed by atoms with van der Waals surface area (Å²) < 4.78 is 0. The Morgan fingerprint density at radius 3 is 2.37 bits per heavy atom. The highest BCUT2D eigenvalue weighted by molar-refractivity contribution is 6.35. The monoisotopic (exact) mass is 664 g/mol. The molecule has 46 heavy (non-hydrogen) atoms. The van der Waals surface area contributed by atoms with Crippen LogP contribution in [0.4, 0.5) is 5.69 Å². The second-order valence-electron chi connectivity index (χ2n) is 12.4. The van der Waals surface area contributed by atoms with Crippen LogP contribution in [0.25, 0.3) is 22.0 Å². The minimum absolute atomic E-state index is 0. The molecule has 1 aliphatic rings. The molecule has 1 atom stereocenters. The van der Waals surface area contributed by atoms with Crippen LogP contribution in [0.15, 0.2) is 60.8 Å². The number of benzene rings is 3. The quantitative estimate of drug-likeness (QED) is 0.138. The second-order valence-corrected chi connectivity index (χ2v) is 12.8. The van der Waals surface area contributed by atoms with Gasteiger partial charge in [-0.15, -0.1) is 12.4 Å². The minimum Gasteiger partial charge on any atom is -0.350 e. The summed E-state index contributed by atoms with van der Waals surface area (Å²) in [6.45, 7) is 6.49. The molecule has 0 spiro atoms. The molecule has 6 N–H and O–H groups in total. The third-order valence-corrected chi connectivity index (χ3v) is 8.89. The zero-order valence-corrected chi connectivity index (χ0v) is 27.9. The van der Waals surface area contributed by atoms with Crippen molar-refractivity contribution in [3.05, 3.63) is 82.5 Å². The number of nitrogens with one attached hydrogen (secondary N) is 4. The number of nitrogens with zero attached hydrogens (tertiary/aromatic N) is 1. The smallest absolute Gasteiger partial charge is 0.251 e. The SMILES string of the molecule is Cc1cc(C(=O)NC(C)C)ccc1-c1ccc(C[C@H](NC(=O)[C@H]2CC[C@H](CN)CC2)C(=O)Nc2cc(Cl)c3cn[nH]c3c2)cc1.Cl. The summed E-state index contributed by atoms with van der Waals surface area (Å²) >= 11 is 6.42. The molecule has 1 fully saturated rings. The molecule has 11 heteroatoms. The van der Waals surface area contributed by atoms with E-state index in [1.54, 1.807) is 18.3 Å². The van der Waals surface area contributed by atoms with Gasteiger partial charge in [0.15, 0.2) is 0 Å². The minimum atomic E-state index is -0.799. The zero-order valence-electron chi connectivity index (χ0n) is 26.4. The van der Waals surface area contributed by atoms with Gasteiger partial charge in [0, 0.05) is 35.0 Å². The first-order valence-corrected chi connectivity index (χ1v) is 15.9. The van der Waals surface area contributed by atoms with E-state index < -0.39 is 6.04 Å². The Bertz CT molecular complexity index is 1680. The van der Waals surface area contributed by atoms with Crippen molar-refractivity contribution in [2.45, 2.75) is 65.0 Å². The maximum Gasteiger partial charge on any atom is 0.251 e. The van der Waals surface area contributed by atoms with Gasteiger partial charge in [0.1, 0.15) is 6.04 Å². The predicted octanol–water partition coefficient (Wildman–Crippen LogP) is 6.18. The van der Waals surface area contributed by atoms with E-state index in [-0.39, 0.29) is 42.1 Å². The van der Waals surface area contributed by atoms with E-state index in [0.29, 0.717) is 40.7 Å². The number of hydrogen-bond donors (Lipinski definition) is 5. The van der Waals surface area contributed by atoms with E-state index in [2.05, 4.69) is 26.1 Å². The first kappa shape index (κ1) is 34.9. The third-order valence-electron chi connectivity index (χ3n) is 8.57. The van der Waals surface area contributed by atoms with Gasteiger partial charge in [0.05, 0.1) is 16.7 Å². The molecular formula is C35H42Cl2N6O3. The van der Waals surface area contributed by atoms with E-state index in [9.17, 15) is 14.4 Å². The summed E-state index contributed by atoms with van der Waals surface area (Å²) in [5, 5.41) is 17.1. The first-order chi connectivity index (χ1) is 21.6. The number of carbonyl (C=O) groups is 3. The van der Waals surface area contributed by atoms with Gasteiger partial charge in [-0.2, -0.15) is 5.10 Å². The van der Waals surface area contributed by atoms with Gasteiger partial charge in [-0.1, -0.05) is 41.9 Å². The lowest BCUT2D eigenvalue weighted by Gasteiger charge is -2.28. The van der Waals surface area contributed by atoms with Crippen LogP contribution in [0.1, 0.15) is 61.0 Å². The molecule has 244 valence electrons. The molecule has 4 aromatic rings. The summed E-state index contributed by atoms with van der Waals surface area (Å²) in [6, 6.07) is 16.3. The van der Waals surface area contributed by atoms with E-state index >= 15 is 0 Å². The number of H-pyrrole nitrogens is 1. The van der Waals surface area contributed by atoms with Crippen molar-refractivity contribution in [2.75, 3.05) is 11.9 Å². The number of aromatic nitrogens is 2. The number of nitrogens with two attached hydrogens (primary N) is 1. The lowest BCUT2D eigenvalue weighted by Crippen LogP contribution is -2.48. The van der Waals surface area contributed by atoms with Crippen molar-refractivity contribution in [3.63, 3.8) is 0 Å². The average molecular weight is 666 g/mol. The molecule has 1 aromatic heterocycles. The number of carbonyl (C=O) groups excluding carboxylic acids is 3. The molecule has 3 amide bonds. The fourth-order valence-electron chi connectivity index (χ4n) is 6.00. The molecule has 0 radical (unpaired) electrons. The van der Waals surface area contributed by atoms with Gasteiger partial charge in [-0.3, -0.25) is 19.5 Å². The molecule has 5 rings (SSSR count). The number of aryl methyl sites for hydroxylation is 1. The largest absolute Gasteiger partial charge is 0.350 e. The summed E-state index contributed by atoms with van der Waals surface area (Å²) in [4.78, 5) is 39.5. The topological polar surface area (TPSA) is 142 Å². The molecule has 3 aromatic carbocycles. The Balaban J connectivity index is 0.00000480. The summed E-state index contributed by atoms with van der Waals surface area (Å²) in [5.41, 5.74) is 11.6. The van der Waals surface area contributed by atoms with Crippen LogP contribution in [0.3, 0.4) is 0 Å². The number of rotatable bonds is 10. The molecular weight excluding hydrogens is 623 g/mol. The van der Waals surface area contributed by atoms with E-state index in [1.807, 2.05) is 63.2 Å². The van der Waals surface area contributed by atoms with Crippen molar-refractivity contribution in [1.29, 1.82) is 0 Å². The summed E-state index contributed by atoms with van der Waals surface area (Å²) in [6.07, 6.45) is 5.30. The molecule has 0 aliphatic heterocycles. The summed E-state index contributed by atoms with van der Waals surface area (Å²) in [7, 11) is 0. The van der Waals surface area contributed by atoms with Gasteiger partial charge in [-0.25, -0.2) is 0 Å². The van der Waals surface area contributed by atoms with Crippen molar-refractivity contribution < 1.29 is 14.4 Å². The number of fused-ring (bicyclic) bond motifs is 1. The fourth-order valence-corrected chi connectivity index (χ4v) is 6.27. The number of hydrogen-bond acceptors (Lipinski definition) is 5. The Morgan fingerprint density at radius 1 is 1.00 bits per heavy atom. The Morgan fingerprint density at radius 2 is 1.72 bits per heavy atom. The van der Waals surface area contributed by atoms with Gasteiger partial charge in [0.2, 0.25) is 11.8 Å². The molecule has 1 heterocycles. The standard InChI is InChI=1S/C35H41ClN6O3.ClH/c1-20(2)39-34(44)26-12-13-28(21(3)14-26)24-8-4-22(5-9-24)15-32(41-33(43)25-10-6-23(18-37)7-11-25)35(45)40-27-16-30(36)29-19-38-42-31(29)17-27;/h4-5,8-9,12-14,16-17,19-20,23,25,32H,6-7,10-11,15,18,37H2,1-3H3,(H,38,42)(H,39,44)(H,40,45)(H,41,43);1H/t23-,25-,32-;/m0./s1. The molecule has 0 saturated heterocycles. The second kappa shape index (κ2) is 15.6. The van der Waals surface area contributed by atoms with Crippen molar-refractivity contribution in [1.82, 2.24) is 20.8 Å². The van der Waals surface area contributed by atoms with Gasteiger partial charge in [-0.05, 0) is 105 Å². The van der Waals surface area contributed by atoms with Crippen LogP contribution < -0.4 is 21.7 Å². The number of amides is 3. The highest BCUT2D eigenvalue weighted by atomic mass is 35.5. The molecule has 1 saturated carbocycles. The predicted molar refractivity (Wildman–Crippen MR) is 186 cm³/mol. The van der Waals surface area contributed by atoms with Crippen LogP contribution in [-0.2, 0) is 16.0 Å². The van der Waals surface area contributed by atoms with Crippen molar-refractivity contribution in [2.24, 2.45) is 17.6 Å². The van der Waals surface area contributed by atoms with E-state index in [4.69, 9.17) is 17.3 Å². The van der Waals surface area contributed by atoms with Crippen molar-refractivity contribution >= 4 is 58.3 Å². The van der Waals surface area contributed by atoms with Crippen LogP contribution in [0, 0.1) is 18.8 Å². The Hall–Kier alpha value is -3.92. The lowest BCUT2D eigenvalue weighted by molar-refractivity contribution is -0.130. The lowest BCUT2D eigenvalue weighted by atomic mass is 9.81. The maximum absolute atomic E-state index is 13.7. The van der Waals surface area contributed by atoms with Gasteiger partial charge in [0.25, 0.3) is 5.91 Å². The highest BCUT2D eigenvalue weighted by Gasteiger charge is 2.29. The number of halogens is 2. The average Bonchev–Trinajstić information content (AvgIpc) is 3.50. The molecule has 0 bridgehead atoms. The Labute approximate surface area is 280 Å². The summed E-state index contributed by atoms with van der Waals surface area (Å²) in [5.74, 6) is -0.230. The van der Waals surface area contributed by atoms with Gasteiger partial charge < -0.3 is 21.7 Å². The number of anilines is 1. The third kappa shape index (κ3) is 8.46. The van der Waals surface area contributed by atoms with Crippen LogP contribution >= 0.6 is 24.0 Å². The number of aromatic amines is 1. The van der Waals surface area contributed by atoms with Crippen LogP contribution in [0.2, 0.25) is 5.02 Å². The van der Waals surface area contributed by atoms with Gasteiger partial charge >= 0.3 is 0 Å². The van der Waals surface area contributed by atoms with E-state index in [0.717, 1.165) is 53.3 Å². The zero-order chi connectivity index (χ0) is 32.1. The molecule has 9 nitrogen and oxygen atoms in total.